The van der Waals surface area contributed by atoms with Gasteiger partial charge in [-0.2, -0.15) is 9.49 Å². The Morgan fingerprint density at radius 2 is 2.06 bits per heavy atom. The Bertz CT molecular complexity index is 496. The Morgan fingerprint density at radius 1 is 1.33 bits per heavy atom. The van der Waals surface area contributed by atoms with Gasteiger partial charge in [0.05, 0.1) is 17.3 Å². The van der Waals surface area contributed by atoms with Crippen LogP contribution in [0.25, 0.3) is 5.69 Å². The van der Waals surface area contributed by atoms with Gasteiger partial charge in [-0.15, -0.1) is 11.6 Å². The first-order chi connectivity index (χ1) is 8.74. The number of benzene rings is 1. The Morgan fingerprint density at radius 3 is 2.72 bits per heavy atom. The fourth-order valence-corrected chi connectivity index (χ4v) is 2.15. The van der Waals surface area contributed by atoms with Crippen LogP contribution in [-0.4, -0.2) is 9.78 Å². The quantitative estimate of drug-likeness (QED) is 0.730. The number of unbranched alkanes of at least 4 members (excludes halogenated alkanes) is 1. The summed E-state index contributed by atoms with van der Waals surface area (Å²) in [6.45, 7) is 2.09. The largest absolute Gasteiger partial charge is 0.220 e. The second-order valence-electron chi connectivity index (χ2n) is 4.25. The van der Waals surface area contributed by atoms with Crippen molar-refractivity contribution < 1.29 is 4.39 Å². The van der Waals surface area contributed by atoms with Crippen molar-refractivity contribution in [2.45, 2.75) is 31.6 Å². The van der Waals surface area contributed by atoms with Gasteiger partial charge in [0.15, 0.2) is 0 Å². The summed E-state index contributed by atoms with van der Waals surface area (Å²) >= 11 is 6.20. The average Bonchev–Trinajstić information content (AvgIpc) is 2.79. The zero-order chi connectivity index (χ0) is 13.0. The van der Waals surface area contributed by atoms with E-state index in [0.717, 1.165) is 19.3 Å². The van der Waals surface area contributed by atoms with Gasteiger partial charge in [-0.1, -0.05) is 38.0 Å². The van der Waals surface area contributed by atoms with Gasteiger partial charge >= 0.3 is 0 Å². The monoisotopic (exact) mass is 266 g/mol. The number of alkyl halides is 1. The molecule has 0 aliphatic heterocycles. The van der Waals surface area contributed by atoms with Crippen molar-refractivity contribution in [2.75, 3.05) is 0 Å². The summed E-state index contributed by atoms with van der Waals surface area (Å²) in [5.74, 6) is -0.364. The number of halogens is 2. The molecule has 1 aromatic heterocycles. The van der Waals surface area contributed by atoms with E-state index in [9.17, 15) is 4.39 Å². The molecule has 0 radical (unpaired) electrons. The van der Waals surface area contributed by atoms with E-state index in [1.54, 1.807) is 0 Å². The van der Waals surface area contributed by atoms with E-state index in [2.05, 4.69) is 12.0 Å². The number of aromatic nitrogens is 2. The fraction of sp³-hybridized carbons (Fsp3) is 0.357. The van der Waals surface area contributed by atoms with Crippen LogP contribution < -0.4 is 0 Å². The van der Waals surface area contributed by atoms with E-state index in [1.807, 2.05) is 30.3 Å². The normalized spacial score (nSPS) is 12.6. The number of hydrogen-bond acceptors (Lipinski definition) is 1. The lowest BCUT2D eigenvalue weighted by Crippen LogP contribution is -2.01. The van der Waals surface area contributed by atoms with Crippen molar-refractivity contribution >= 4 is 11.6 Å². The molecule has 0 aliphatic carbocycles. The Hall–Kier alpha value is -1.35. The number of hydrogen-bond donors (Lipinski definition) is 0. The molecule has 1 aromatic carbocycles. The molecule has 0 N–H and O–H groups in total. The van der Waals surface area contributed by atoms with Gasteiger partial charge in [-0.25, -0.2) is 4.68 Å². The van der Waals surface area contributed by atoms with Crippen LogP contribution in [0.3, 0.4) is 0 Å². The molecule has 0 saturated carbocycles. The summed E-state index contributed by atoms with van der Waals surface area (Å²) in [4.78, 5) is 0. The zero-order valence-electron chi connectivity index (χ0n) is 10.3. The maximum absolute atomic E-state index is 14.2. The standard InChI is InChI=1S/C14H16ClFN2/c1-2-3-9-13(15)12-10-17-18(14(12)16)11-7-5-4-6-8-11/h4-8,10,13H,2-3,9H2,1H3. The van der Waals surface area contributed by atoms with Crippen LogP contribution in [0.15, 0.2) is 36.5 Å². The smallest absolute Gasteiger partial charge is 0.206 e. The van der Waals surface area contributed by atoms with E-state index >= 15 is 0 Å². The third-order valence-corrected chi connectivity index (χ3v) is 3.34. The van der Waals surface area contributed by atoms with Crippen LogP contribution in [0.1, 0.15) is 37.1 Å². The van der Waals surface area contributed by atoms with Crippen molar-refractivity contribution in [1.29, 1.82) is 0 Å². The average molecular weight is 267 g/mol. The lowest BCUT2D eigenvalue weighted by atomic mass is 10.1. The molecule has 0 bridgehead atoms. The van der Waals surface area contributed by atoms with Gasteiger partial charge in [0.25, 0.3) is 0 Å². The second-order valence-corrected chi connectivity index (χ2v) is 4.77. The van der Waals surface area contributed by atoms with Crippen LogP contribution in [0.5, 0.6) is 0 Å². The zero-order valence-corrected chi connectivity index (χ0v) is 11.1. The summed E-state index contributed by atoms with van der Waals surface area (Å²) in [7, 11) is 0. The molecule has 4 heteroatoms. The molecular weight excluding hydrogens is 251 g/mol. The summed E-state index contributed by atoms with van der Waals surface area (Å²) in [6.07, 6.45) is 4.34. The summed E-state index contributed by atoms with van der Waals surface area (Å²) in [6, 6.07) is 9.22. The highest BCUT2D eigenvalue weighted by Gasteiger charge is 2.18. The van der Waals surface area contributed by atoms with E-state index in [4.69, 9.17) is 11.6 Å². The number of para-hydroxylation sites is 1. The summed E-state index contributed by atoms with van der Waals surface area (Å²) < 4.78 is 15.5. The molecule has 0 aliphatic rings. The highest BCUT2D eigenvalue weighted by molar-refractivity contribution is 6.20. The minimum absolute atomic E-state index is 0.303. The van der Waals surface area contributed by atoms with Crippen molar-refractivity contribution in [2.24, 2.45) is 0 Å². The molecule has 2 aromatic rings. The molecule has 0 saturated heterocycles. The van der Waals surface area contributed by atoms with Crippen LogP contribution in [0.4, 0.5) is 4.39 Å². The highest BCUT2D eigenvalue weighted by Crippen LogP contribution is 2.29. The van der Waals surface area contributed by atoms with Gasteiger partial charge in [0, 0.05) is 5.56 Å². The third-order valence-electron chi connectivity index (χ3n) is 2.89. The van der Waals surface area contributed by atoms with Gasteiger partial charge in [-0.05, 0) is 18.6 Å². The molecule has 1 unspecified atom stereocenters. The molecule has 2 nitrogen and oxygen atoms in total. The molecule has 2 rings (SSSR count). The first-order valence-corrected chi connectivity index (χ1v) is 6.60. The second kappa shape index (κ2) is 6.01. The first-order valence-electron chi connectivity index (χ1n) is 6.17. The minimum Gasteiger partial charge on any atom is -0.206 e. The van der Waals surface area contributed by atoms with Crippen molar-refractivity contribution in [1.82, 2.24) is 9.78 Å². The van der Waals surface area contributed by atoms with Crippen molar-refractivity contribution in [3.05, 3.63) is 48.0 Å². The van der Waals surface area contributed by atoms with Crippen molar-refractivity contribution in [3.8, 4) is 5.69 Å². The van der Waals surface area contributed by atoms with Crippen LogP contribution in [0, 0.1) is 5.95 Å². The van der Waals surface area contributed by atoms with Crippen LogP contribution in [0.2, 0.25) is 0 Å². The first kappa shape index (κ1) is 13.1. The number of rotatable bonds is 5. The minimum atomic E-state index is -0.364. The van der Waals surface area contributed by atoms with Gasteiger partial charge in [0.1, 0.15) is 0 Å². The van der Waals surface area contributed by atoms with Gasteiger partial charge in [-0.3, -0.25) is 0 Å². The lowest BCUT2D eigenvalue weighted by Gasteiger charge is -2.07. The van der Waals surface area contributed by atoms with Gasteiger partial charge < -0.3 is 0 Å². The fourth-order valence-electron chi connectivity index (χ4n) is 1.84. The van der Waals surface area contributed by atoms with Crippen LogP contribution in [-0.2, 0) is 0 Å². The van der Waals surface area contributed by atoms with E-state index < -0.39 is 0 Å². The molecular formula is C14H16ClFN2. The Balaban J connectivity index is 2.24. The predicted molar refractivity (Wildman–Crippen MR) is 71.6 cm³/mol. The lowest BCUT2D eigenvalue weighted by molar-refractivity contribution is 0.520. The molecule has 18 heavy (non-hydrogen) atoms. The summed E-state index contributed by atoms with van der Waals surface area (Å²) in [5.41, 5.74) is 1.19. The SMILES string of the molecule is CCCCC(Cl)c1cnn(-c2ccccc2)c1F. The van der Waals surface area contributed by atoms with Crippen molar-refractivity contribution in [3.63, 3.8) is 0 Å². The molecule has 1 heterocycles. The maximum atomic E-state index is 14.2. The molecule has 1 atom stereocenters. The third kappa shape index (κ3) is 2.72. The van der Waals surface area contributed by atoms with E-state index in [-0.39, 0.29) is 11.3 Å². The van der Waals surface area contributed by atoms with E-state index in [0.29, 0.717) is 11.3 Å². The van der Waals surface area contributed by atoms with Gasteiger partial charge in [0.2, 0.25) is 5.95 Å². The maximum Gasteiger partial charge on any atom is 0.220 e. The molecule has 0 fully saturated rings. The topological polar surface area (TPSA) is 17.8 Å². The Labute approximate surface area is 111 Å². The molecule has 96 valence electrons. The van der Waals surface area contributed by atoms with Crippen LogP contribution >= 0.6 is 11.6 Å². The highest BCUT2D eigenvalue weighted by atomic mass is 35.5. The molecule has 0 spiro atoms. The predicted octanol–water partition coefficient (Wildman–Crippen LogP) is 4.48. The number of nitrogens with zero attached hydrogens (tertiary/aromatic N) is 2. The molecule has 0 amide bonds. The Kier molecular flexibility index (Phi) is 4.37. The van der Waals surface area contributed by atoms with E-state index in [1.165, 1.54) is 10.9 Å². The summed E-state index contributed by atoms with van der Waals surface area (Å²) in [5, 5.41) is 3.77.